The number of hydrogen-bond donors (Lipinski definition) is 3. The van der Waals surface area contributed by atoms with Crippen LogP contribution >= 0.6 is 11.3 Å². The Bertz CT molecular complexity index is 667. The van der Waals surface area contributed by atoms with Crippen molar-refractivity contribution < 1.29 is 14.7 Å². The van der Waals surface area contributed by atoms with E-state index in [2.05, 4.69) is 15.6 Å². The van der Waals surface area contributed by atoms with Crippen molar-refractivity contribution in [1.29, 1.82) is 0 Å². The SMILES string of the molecule is Cc1ccc(O)c(NC(=O)C(=O)Nc2nc(C)cs2)c1. The van der Waals surface area contributed by atoms with Gasteiger partial charge in [0.15, 0.2) is 5.13 Å². The van der Waals surface area contributed by atoms with Gasteiger partial charge in [0.1, 0.15) is 5.75 Å². The molecule has 2 amide bonds. The van der Waals surface area contributed by atoms with Crippen molar-refractivity contribution in [3.05, 3.63) is 34.8 Å². The molecule has 2 aromatic rings. The highest BCUT2D eigenvalue weighted by atomic mass is 32.1. The van der Waals surface area contributed by atoms with Crippen LogP contribution in [0.25, 0.3) is 0 Å². The summed E-state index contributed by atoms with van der Waals surface area (Å²) in [4.78, 5) is 27.4. The Morgan fingerprint density at radius 3 is 2.55 bits per heavy atom. The maximum absolute atomic E-state index is 11.7. The number of nitrogens with one attached hydrogen (secondary N) is 2. The Balaban J connectivity index is 2.04. The molecule has 0 saturated heterocycles. The van der Waals surface area contributed by atoms with Gasteiger partial charge < -0.3 is 10.4 Å². The average molecular weight is 291 g/mol. The number of phenolic OH excluding ortho intramolecular Hbond substituents is 1. The Hall–Kier alpha value is -2.41. The van der Waals surface area contributed by atoms with Crippen LogP contribution in [0.1, 0.15) is 11.3 Å². The summed E-state index contributed by atoms with van der Waals surface area (Å²) >= 11 is 1.23. The molecule has 3 N–H and O–H groups in total. The zero-order valence-corrected chi connectivity index (χ0v) is 11.7. The minimum Gasteiger partial charge on any atom is -0.506 e. The van der Waals surface area contributed by atoms with Gasteiger partial charge in [-0.3, -0.25) is 14.9 Å². The Kier molecular flexibility index (Phi) is 3.99. The van der Waals surface area contributed by atoms with E-state index in [0.717, 1.165) is 11.3 Å². The largest absolute Gasteiger partial charge is 0.506 e. The predicted molar refractivity (Wildman–Crippen MR) is 77.0 cm³/mol. The van der Waals surface area contributed by atoms with Crippen molar-refractivity contribution in [1.82, 2.24) is 4.98 Å². The Morgan fingerprint density at radius 2 is 1.90 bits per heavy atom. The van der Waals surface area contributed by atoms with Gasteiger partial charge in [-0.25, -0.2) is 4.98 Å². The number of carbonyl (C=O) groups excluding carboxylic acids is 2. The lowest BCUT2D eigenvalue weighted by Crippen LogP contribution is -2.29. The van der Waals surface area contributed by atoms with Crippen molar-refractivity contribution >= 4 is 34.0 Å². The van der Waals surface area contributed by atoms with Gasteiger partial charge in [0.25, 0.3) is 0 Å². The molecule has 0 radical (unpaired) electrons. The third-order valence-electron chi connectivity index (χ3n) is 2.45. The summed E-state index contributed by atoms with van der Waals surface area (Å²) in [5.74, 6) is -1.79. The molecule has 7 heteroatoms. The van der Waals surface area contributed by atoms with Crippen LogP contribution in [0, 0.1) is 13.8 Å². The van der Waals surface area contributed by atoms with Crippen LogP contribution in [0.4, 0.5) is 10.8 Å². The van der Waals surface area contributed by atoms with Crippen molar-refractivity contribution in [2.75, 3.05) is 10.6 Å². The zero-order chi connectivity index (χ0) is 14.7. The normalized spacial score (nSPS) is 10.1. The molecule has 1 aromatic heterocycles. The number of aromatic hydroxyl groups is 1. The minimum atomic E-state index is -0.862. The van der Waals surface area contributed by atoms with Crippen molar-refractivity contribution in [3.8, 4) is 5.75 Å². The number of carbonyl (C=O) groups is 2. The monoisotopic (exact) mass is 291 g/mol. The number of hydrogen-bond acceptors (Lipinski definition) is 5. The lowest BCUT2D eigenvalue weighted by atomic mass is 10.2. The van der Waals surface area contributed by atoms with E-state index >= 15 is 0 Å². The second-order valence-electron chi connectivity index (χ2n) is 4.22. The highest BCUT2D eigenvalue weighted by Gasteiger charge is 2.16. The molecule has 0 aliphatic rings. The molecule has 0 aliphatic carbocycles. The first-order valence-corrected chi connectivity index (χ1v) is 6.68. The zero-order valence-electron chi connectivity index (χ0n) is 10.9. The maximum atomic E-state index is 11.7. The molecule has 20 heavy (non-hydrogen) atoms. The number of aryl methyl sites for hydroxylation is 2. The van der Waals surface area contributed by atoms with Crippen LogP contribution in [0.15, 0.2) is 23.6 Å². The molecule has 6 nitrogen and oxygen atoms in total. The summed E-state index contributed by atoms with van der Waals surface area (Å²) in [7, 11) is 0. The van der Waals surface area contributed by atoms with Gasteiger partial charge in [-0.05, 0) is 31.5 Å². The summed E-state index contributed by atoms with van der Waals surface area (Å²) in [6.45, 7) is 3.60. The first-order chi connectivity index (χ1) is 9.45. The van der Waals surface area contributed by atoms with E-state index in [0.29, 0.717) is 5.13 Å². The maximum Gasteiger partial charge on any atom is 0.315 e. The molecular formula is C13H13N3O3S. The summed E-state index contributed by atoms with van der Waals surface area (Å²) < 4.78 is 0. The van der Waals surface area contributed by atoms with Crippen LogP contribution in [0.5, 0.6) is 5.75 Å². The van der Waals surface area contributed by atoms with Gasteiger partial charge in [0, 0.05) is 5.38 Å². The third kappa shape index (κ3) is 3.33. The molecule has 0 spiro atoms. The molecule has 0 atom stereocenters. The Morgan fingerprint density at radius 1 is 1.20 bits per heavy atom. The van der Waals surface area contributed by atoms with Gasteiger partial charge in [-0.15, -0.1) is 11.3 Å². The number of amides is 2. The van der Waals surface area contributed by atoms with Crippen LogP contribution in [-0.4, -0.2) is 21.9 Å². The first-order valence-electron chi connectivity index (χ1n) is 5.80. The van der Waals surface area contributed by atoms with E-state index in [1.807, 2.05) is 6.92 Å². The van der Waals surface area contributed by atoms with Crippen molar-refractivity contribution in [2.24, 2.45) is 0 Å². The first kappa shape index (κ1) is 14.0. The predicted octanol–water partition coefficient (Wildman–Crippen LogP) is 2.04. The molecule has 0 unspecified atom stereocenters. The second kappa shape index (κ2) is 5.70. The fraction of sp³-hybridized carbons (Fsp3) is 0.154. The van der Waals surface area contributed by atoms with Crippen molar-refractivity contribution in [2.45, 2.75) is 13.8 Å². The number of nitrogens with zero attached hydrogens (tertiary/aromatic N) is 1. The molecule has 0 bridgehead atoms. The number of rotatable bonds is 2. The van der Waals surface area contributed by atoms with Gasteiger partial charge in [-0.2, -0.15) is 0 Å². The fourth-order valence-corrected chi connectivity index (χ4v) is 2.18. The van der Waals surface area contributed by atoms with Gasteiger partial charge in [0.2, 0.25) is 0 Å². The summed E-state index contributed by atoms with van der Waals surface area (Å²) in [5, 5.41) is 16.5. The molecule has 104 valence electrons. The van der Waals surface area contributed by atoms with Crippen molar-refractivity contribution in [3.63, 3.8) is 0 Å². The van der Waals surface area contributed by atoms with E-state index in [-0.39, 0.29) is 11.4 Å². The molecule has 0 saturated carbocycles. The van der Waals surface area contributed by atoms with Crippen LogP contribution < -0.4 is 10.6 Å². The van der Waals surface area contributed by atoms with E-state index in [9.17, 15) is 14.7 Å². The van der Waals surface area contributed by atoms with Gasteiger partial charge in [0.05, 0.1) is 11.4 Å². The highest BCUT2D eigenvalue weighted by Crippen LogP contribution is 2.23. The molecule has 0 aliphatic heterocycles. The summed E-state index contributed by atoms with van der Waals surface area (Å²) in [6, 6.07) is 4.73. The number of thiazole rings is 1. The Labute approximate surface area is 119 Å². The van der Waals surface area contributed by atoms with E-state index in [4.69, 9.17) is 0 Å². The second-order valence-corrected chi connectivity index (χ2v) is 5.08. The molecule has 2 rings (SSSR count). The average Bonchev–Trinajstić information content (AvgIpc) is 2.79. The number of benzene rings is 1. The molecule has 0 fully saturated rings. The molecule has 1 heterocycles. The van der Waals surface area contributed by atoms with Crippen LogP contribution in [0.3, 0.4) is 0 Å². The number of phenols is 1. The van der Waals surface area contributed by atoms with Gasteiger partial charge >= 0.3 is 11.8 Å². The van der Waals surface area contributed by atoms with Gasteiger partial charge in [-0.1, -0.05) is 6.07 Å². The smallest absolute Gasteiger partial charge is 0.315 e. The lowest BCUT2D eigenvalue weighted by Gasteiger charge is -2.07. The van der Waals surface area contributed by atoms with E-state index < -0.39 is 11.8 Å². The van der Waals surface area contributed by atoms with E-state index in [1.54, 1.807) is 24.4 Å². The summed E-state index contributed by atoms with van der Waals surface area (Å²) in [5.41, 5.74) is 1.82. The van der Waals surface area contributed by atoms with E-state index in [1.165, 1.54) is 17.4 Å². The number of aromatic nitrogens is 1. The van der Waals surface area contributed by atoms with Crippen LogP contribution in [0.2, 0.25) is 0 Å². The third-order valence-corrected chi connectivity index (χ3v) is 3.32. The molecular weight excluding hydrogens is 278 g/mol. The topological polar surface area (TPSA) is 91.3 Å². The van der Waals surface area contributed by atoms with Crippen LogP contribution in [-0.2, 0) is 9.59 Å². The highest BCUT2D eigenvalue weighted by molar-refractivity contribution is 7.14. The standard InChI is InChI=1S/C13H13N3O3S/c1-7-3-4-10(17)9(5-7)15-11(18)12(19)16-13-14-8(2)6-20-13/h3-6,17H,1-2H3,(H,15,18)(H,14,16,19). The number of anilines is 2. The fourth-order valence-electron chi connectivity index (χ4n) is 1.49. The lowest BCUT2D eigenvalue weighted by molar-refractivity contribution is -0.133. The summed E-state index contributed by atoms with van der Waals surface area (Å²) in [6.07, 6.45) is 0. The molecule has 1 aromatic carbocycles. The quantitative estimate of drug-likeness (QED) is 0.583. The minimum absolute atomic E-state index is 0.0955.